The van der Waals surface area contributed by atoms with Crippen molar-refractivity contribution in [3.63, 3.8) is 0 Å². The third-order valence-corrected chi connectivity index (χ3v) is 8.68. The summed E-state index contributed by atoms with van der Waals surface area (Å²) in [7, 11) is 1.55. The largest absolute Gasteiger partial charge is 0.494 e. The first-order valence-electron chi connectivity index (χ1n) is 14.6. The summed E-state index contributed by atoms with van der Waals surface area (Å²) in [6.07, 6.45) is 1.42. The number of aromatic nitrogens is 1. The molecule has 0 amide bonds. The molecule has 0 N–H and O–H groups in total. The lowest BCUT2D eigenvalue weighted by Crippen LogP contribution is -2.40. The van der Waals surface area contributed by atoms with Crippen molar-refractivity contribution in [3.8, 4) is 23.3 Å². The standard InChI is InChI=1S/C35H32BrN3O6S/c1-6-43-26-13-11-25(12-14-26)31-30(34(41)45-20(2)3)21(4)38-35-39(31)33(40)29(46-35)17-24-15-27(36)32(28(16-24)42-5)44-19-23-9-7-22(18-37)8-10-23/h7-17,20,31H,6,19H2,1-5H3/b29-17-/t31-/m1/s1. The molecule has 11 heteroatoms. The first kappa shape index (κ1) is 32.7. The first-order chi connectivity index (χ1) is 22.1. The summed E-state index contributed by atoms with van der Waals surface area (Å²) in [5.74, 6) is 1.15. The molecule has 0 fully saturated rings. The number of esters is 1. The van der Waals surface area contributed by atoms with Gasteiger partial charge in [-0.25, -0.2) is 9.79 Å². The summed E-state index contributed by atoms with van der Waals surface area (Å²) in [5.41, 5.74) is 3.41. The monoisotopic (exact) mass is 701 g/mol. The highest BCUT2D eigenvalue weighted by Gasteiger charge is 2.34. The first-order valence-corrected chi connectivity index (χ1v) is 16.2. The maximum absolute atomic E-state index is 14.1. The summed E-state index contributed by atoms with van der Waals surface area (Å²) in [4.78, 5) is 32.6. The molecule has 3 aromatic carbocycles. The molecular weight excluding hydrogens is 670 g/mol. The minimum Gasteiger partial charge on any atom is -0.494 e. The normalized spacial score (nSPS) is 14.4. The highest BCUT2D eigenvalue weighted by atomic mass is 79.9. The number of nitriles is 1. The number of fused-ring (bicyclic) bond motifs is 1. The van der Waals surface area contributed by atoms with Crippen molar-refractivity contribution in [1.29, 1.82) is 5.26 Å². The Morgan fingerprint density at radius 1 is 1.13 bits per heavy atom. The van der Waals surface area contributed by atoms with E-state index in [-0.39, 0.29) is 18.3 Å². The zero-order chi connectivity index (χ0) is 33.0. The van der Waals surface area contributed by atoms with E-state index in [0.29, 0.717) is 60.1 Å². The van der Waals surface area contributed by atoms with Crippen molar-refractivity contribution in [3.05, 3.63) is 118 Å². The smallest absolute Gasteiger partial charge is 0.338 e. The quantitative estimate of drug-likeness (QED) is 0.192. The fourth-order valence-electron chi connectivity index (χ4n) is 5.03. The van der Waals surface area contributed by atoms with Crippen LogP contribution in [0.3, 0.4) is 0 Å². The van der Waals surface area contributed by atoms with Crippen LogP contribution in [0.15, 0.2) is 86.2 Å². The van der Waals surface area contributed by atoms with Gasteiger partial charge in [-0.3, -0.25) is 9.36 Å². The van der Waals surface area contributed by atoms with Crippen LogP contribution < -0.4 is 29.1 Å². The number of hydrogen-bond donors (Lipinski definition) is 0. The Kier molecular flexibility index (Phi) is 10.1. The van der Waals surface area contributed by atoms with Gasteiger partial charge in [0.05, 0.1) is 57.8 Å². The van der Waals surface area contributed by atoms with E-state index >= 15 is 0 Å². The van der Waals surface area contributed by atoms with E-state index in [4.69, 9.17) is 24.2 Å². The van der Waals surface area contributed by atoms with Gasteiger partial charge in [-0.2, -0.15) is 5.26 Å². The predicted octanol–water partition coefficient (Wildman–Crippen LogP) is 5.81. The second kappa shape index (κ2) is 14.2. The number of halogens is 1. The highest BCUT2D eigenvalue weighted by Crippen LogP contribution is 2.37. The average Bonchev–Trinajstić information content (AvgIpc) is 3.33. The number of carbonyl (C=O) groups excluding carboxylic acids is 1. The molecule has 0 saturated carbocycles. The molecule has 0 unspecified atom stereocenters. The van der Waals surface area contributed by atoms with E-state index in [9.17, 15) is 9.59 Å². The van der Waals surface area contributed by atoms with E-state index in [2.05, 4.69) is 27.0 Å². The lowest BCUT2D eigenvalue weighted by Gasteiger charge is -2.25. The molecule has 0 aliphatic carbocycles. The van der Waals surface area contributed by atoms with Crippen molar-refractivity contribution in [2.75, 3.05) is 13.7 Å². The number of methoxy groups -OCH3 is 1. The van der Waals surface area contributed by atoms with Gasteiger partial charge < -0.3 is 18.9 Å². The number of benzene rings is 3. The van der Waals surface area contributed by atoms with Gasteiger partial charge in [-0.15, -0.1) is 0 Å². The number of carbonyl (C=O) groups is 1. The minimum atomic E-state index is -0.736. The number of nitrogens with zero attached hydrogens (tertiary/aromatic N) is 3. The van der Waals surface area contributed by atoms with Gasteiger partial charge in [0.2, 0.25) is 0 Å². The molecule has 9 nitrogen and oxygen atoms in total. The van der Waals surface area contributed by atoms with Crippen LogP contribution >= 0.6 is 27.3 Å². The van der Waals surface area contributed by atoms with Crippen molar-refractivity contribution in [1.82, 2.24) is 4.57 Å². The van der Waals surface area contributed by atoms with Crippen LogP contribution in [0, 0.1) is 11.3 Å². The fraction of sp³-hybridized carbons (Fsp3) is 0.257. The lowest BCUT2D eigenvalue weighted by molar-refractivity contribution is -0.143. The van der Waals surface area contributed by atoms with Crippen LogP contribution in [0.5, 0.6) is 17.2 Å². The van der Waals surface area contributed by atoms with Gasteiger partial charge in [0.1, 0.15) is 12.4 Å². The number of rotatable bonds is 10. The number of allylic oxidation sites excluding steroid dienone is 1. The van der Waals surface area contributed by atoms with Crippen molar-refractivity contribution in [2.24, 2.45) is 4.99 Å². The summed E-state index contributed by atoms with van der Waals surface area (Å²) in [6, 6.07) is 19.5. The molecule has 1 aromatic heterocycles. The maximum atomic E-state index is 14.1. The zero-order valence-electron chi connectivity index (χ0n) is 26.0. The van der Waals surface area contributed by atoms with Crippen LogP contribution in [-0.4, -0.2) is 30.4 Å². The number of ether oxygens (including phenoxy) is 4. The zero-order valence-corrected chi connectivity index (χ0v) is 28.4. The average molecular weight is 703 g/mol. The van der Waals surface area contributed by atoms with Gasteiger partial charge in [0.25, 0.3) is 5.56 Å². The van der Waals surface area contributed by atoms with Crippen LogP contribution in [0.2, 0.25) is 0 Å². The lowest BCUT2D eigenvalue weighted by atomic mass is 9.96. The van der Waals surface area contributed by atoms with E-state index in [1.54, 1.807) is 56.7 Å². The van der Waals surface area contributed by atoms with Gasteiger partial charge in [-0.1, -0.05) is 35.6 Å². The Balaban J connectivity index is 1.55. The molecule has 2 heterocycles. The second-order valence-electron chi connectivity index (χ2n) is 10.7. The van der Waals surface area contributed by atoms with E-state index in [1.807, 2.05) is 49.4 Å². The maximum Gasteiger partial charge on any atom is 0.338 e. The Morgan fingerprint density at radius 3 is 2.48 bits per heavy atom. The van der Waals surface area contributed by atoms with Crippen LogP contribution in [0.1, 0.15) is 56.0 Å². The van der Waals surface area contributed by atoms with E-state index in [0.717, 1.165) is 11.1 Å². The topological polar surface area (TPSA) is 112 Å². The van der Waals surface area contributed by atoms with Gasteiger partial charge in [0, 0.05) is 0 Å². The number of hydrogen-bond acceptors (Lipinski definition) is 9. The molecule has 0 radical (unpaired) electrons. The Labute approximate surface area is 278 Å². The van der Waals surface area contributed by atoms with Crippen LogP contribution in [-0.2, 0) is 16.1 Å². The van der Waals surface area contributed by atoms with Gasteiger partial charge in [-0.05, 0) is 103 Å². The van der Waals surface area contributed by atoms with Crippen molar-refractivity contribution >= 4 is 39.3 Å². The summed E-state index contributed by atoms with van der Waals surface area (Å²) >= 11 is 4.84. The van der Waals surface area contributed by atoms with E-state index < -0.39 is 12.0 Å². The third kappa shape index (κ3) is 6.93. The Bertz CT molecular complexity index is 2020. The molecule has 1 aliphatic rings. The molecule has 46 heavy (non-hydrogen) atoms. The second-order valence-corrected chi connectivity index (χ2v) is 12.5. The highest BCUT2D eigenvalue weighted by molar-refractivity contribution is 9.10. The fourth-order valence-corrected chi connectivity index (χ4v) is 6.66. The van der Waals surface area contributed by atoms with Crippen molar-refractivity contribution in [2.45, 2.75) is 46.4 Å². The molecule has 0 bridgehead atoms. The molecular formula is C35H32BrN3O6S. The summed E-state index contributed by atoms with van der Waals surface area (Å²) in [5, 5.41) is 9.04. The van der Waals surface area contributed by atoms with E-state index in [1.165, 1.54) is 11.3 Å². The van der Waals surface area contributed by atoms with Crippen LogP contribution in [0.25, 0.3) is 6.08 Å². The number of thiazole rings is 1. The molecule has 4 aromatic rings. The third-order valence-electron chi connectivity index (χ3n) is 7.11. The minimum absolute atomic E-state index is 0.269. The molecule has 5 rings (SSSR count). The van der Waals surface area contributed by atoms with Crippen LogP contribution in [0.4, 0.5) is 0 Å². The van der Waals surface area contributed by atoms with Crippen molar-refractivity contribution < 1.29 is 23.7 Å². The SMILES string of the molecule is CCOc1ccc([C@@H]2C(C(=O)OC(C)C)=C(C)N=c3s/c(=C\c4cc(Br)c(OCc5ccc(C#N)cc5)c(OC)c4)c(=O)n32)cc1. The Hall–Kier alpha value is -4.66. The summed E-state index contributed by atoms with van der Waals surface area (Å²) in [6.45, 7) is 8.02. The Morgan fingerprint density at radius 2 is 1.85 bits per heavy atom. The molecule has 1 aliphatic heterocycles. The molecule has 0 spiro atoms. The summed E-state index contributed by atoms with van der Waals surface area (Å²) < 4.78 is 25.5. The van der Waals surface area contributed by atoms with Gasteiger partial charge in [0.15, 0.2) is 16.3 Å². The molecule has 1 atom stereocenters. The van der Waals surface area contributed by atoms with Gasteiger partial charge >= 0.3 is 5.97 Å². The predicted molar refractivity (Wildman–Crippen MR) is 179 cm³/mol. The molecule has 236 valence electrons. The molecule has 0 saturated heterocycles.